The third kappa shape index (κ3) is 5.33. The summed E-state index contributed by atoms with van der Waals surface area (Å²) in [6.07, 6.45) is 0. The quantitative estimate of drug-likeness (QED) is 0.680. The molecule has 17 heavy (non-hydrogen) atoms. The lowest BCUT2D eigenvalue weighted by atomic mass is 10.1. The molecule has 0 aliphatic heterocycles. The first-order valence-corrected chi connectivity index (χ1v) is 5.45. The van der Waals surface area contributed by atoms with Crippen molar-refractivity contribution in [3.05, 3.63) is 35.4 Å². The van der Waals surface area contributed by atoms with Gasteiger partial charge in [-0.2, -0.15) is 0 Å². The molecular formula is C12H18N2O3. The molecule has 1 rings (SSSR count). The van der Waals surface area contributed by atoms with Crippen LogP contribution in [0.15, 0.2) is 24.3 Å². The first kappa shape index (κ1) is 13.5. The van der Waals surface area contributed by atoms with E-state index in [1.165, 1.54) is 0 Å². The van der Waals surface area contributed by atoms with Crippen molar-refractivity contribution in [2.24, 2.45) is 0 Å². The summed E-state index contributed by atoms with van der Waals surface area (Å²) in [6, 6.07) is 7.54. The predicted octanol–water partition coefficient (Wildman–Crippen LogP) is 0.624. The van der Waals surface area contributed by atoms with Crippen LogP contribution in [0.4, 0.5) is 4.79 Å². The lowest BCUT2D eigenvalue weighted by molar-refractivity contribution is 0.185. The monoisotopic (exact) mass is 238 g/mol. The van der Waals surface area contributed by atoms with Gasteiger partial charge in [0.25, 0.3) is 0 Å². The van der Waals surface area contributed by atoms with Crippen LogP contribution in [-0.4, -0.2) is 31.4 Å². The number of urea groups is 1. The summed E-state index contributed by atoms with van der Waals surface area (Å²) in [7, 11) is 1.65. The number of nitrogens with one attached hydrogen (secondary N) is 2. The van der Waals surface area contributed by atoms with Crippen LogP contribution in [0, 0.1) is 0 Å². The minimum absolute atomic E-state index is 0.0564. The summed E-state index contributed by atoms with van der Waals surface area (Å²) >= 11 is 0. The van der Waals surface area contributed by atoms with E-state index in [9.17, 15) is 4.79 Å². The van der Waals surface area contributed by atoms with Crippen LogP contribution in [0.25, 0.3) is 0 Å². The number of carbonyl (C=O) groups is 1. The Kier molecular flexibility index (Phi) is 6.06. The number of aliphatic hydroxyl groups is 1. The average molecular weight is 238 g/mol. The number of benzene rings is 1. The Bertz CT molecular complexity index is 338. The number of aliphatic hydroxyl groups excluding tert-OH is 1. The average Bonchev–Trinajstić information content (AvgIpc) is 2.36. The van der Waals surface area contributed by atoms with Crippen LogP contribution in [0.1, 0.15) is 11.1 Å². The molecule has 0 saturated carbocycles. The molecule has 5 nitrogen and oxygen atoms in total. The molecule has 94 valence electrons. The first-order valence-electron chi connectivity index (χ1n) is 5.45. The lowest BCUT2D eigenvalue weighted by Crippen LogP contribution is -2.36. The largest absolute Gasteiger partial charge is 0.395 e. The maximum Gasteiger partial charge on any atom is 0.315 e. The van der Waals surface area contributed by atoms with Gasteiger partial charge in [0, 0.05) is 20.2 Å². The van der Waals surface area contributed by atoms with Gasteiger partial charge in [0.05, 0.1) is 13.2 Å². The summed E-state index contributed by atoms with van der Waals surface area (Å²) in [6.45, 7) is 1.26. The number of methoxy groups -OCH3 is 1. The van der Waals surface area contributed by atoms with Crippen molar-refractivity contribution in [1.82, 2.24) is 10.6 Å². The van der Waals surface area contributed by atoms with E-state index in [0.717, 1.165) is 11.1 Å². The smallest absolute Gasteiger partial charge is 0.315 e. The third-order valence-electron chi connectivity index (χ3n) is 2.18. The van der Waals surface area contributed by atoms with Gasteiger partial charge in [0.15, 0.2) is 0 Å². The molecular weight excluding hydrogens is 220 g/mol. The third-order valence-corrected chi connectivity index (χ3v) is 2.18. The highest BCUT2D eigenvalue weighted by molar-refractivity contribution is 5.73. The second kappa shape index (κ2) is 7.65. The molecule has 0 aliphatic rings. The van der Waals surface area contributed by atoms with Crippen LogP contribution in [0.2, 0.25) is 0 Å². The summed E-state index contributed by atoms with van der Waals surface area (Å²) in [5, 5.41) is 13.7. The highest BCUT2D eigenvalue weighted by Gasteiger charge is 1.99. The maximum atomic E-state index is 11.2. The Hall–Kier alpha value is -1.59. The van der Waals surface area contributed by atoms with Gasteiger partial charge in [0.2, 0.25) is 0 Å². The SMILES string of the molecule is COCc1ccc(CNC(=O)NCCO)cc1. The van der Waals surface area contributed by atoms with E-state index < -0.39 is 0 Å². The normalized spacial score (nSPS) is 10.0. The molecule has 3 N–H and O–H groups in total. The van der Waals surface area contributed by atoms with E-state index in [1.54, 1.807) is 7.11 Å². The van der Waals surface area contributed by atoms with Crippen LogP contribution >= 0.6 is 0 Å². The summed E-state index contributed by atoms with van der Waals surface area (Å²) in [5.41, 5.74) is 2.12. The summed E-state index contributed by atoms with van der Waals surface area (Å²) in [5.74, 6) is 0. The van der Waals surface area contributed by atoms with Gasteiger partial charge >= 0.3 is 6.03 Å². The molecule has 0 unspecified atom stereocenters. The van der Waals surface area contributed by atoms with Crippen molar-refractivity contribution in [2.75, 3.05) is 20.3 Å². The fraction of sp³-hybridized carbons (Fsp3) is 0.417. The van der Waals surface area contributed by atoms with Crippen molar-refractivity contribution in [2.45, 2.75) is 13.2 Å². The molecule has 0 saturated heterocycles. The predicted molar refractivity (Wildman–Crippen MR) is 64.5 cm³/mol. The van der Waals surface area contributed by atoms with Crippen molar-refractivity contribution >= 4 is 6.03 Å². The molecule has 0 aromatic heterocycles. The first-order chi connectivity index (χ1) is 8.26. The number of amides is 2. The molecule has 1 aromatic carbocycles. The fourth-order valence-corrected chi connectivity index (χ4v) is 1.33. The zero-order valence-corrected chi connectivity index (χ0v) is 9.90. The minimum atomic E-state index is -0.278. The van der Waals surface area contributed by atoms with Crippen LogP contribution in [0.3, 0.4) is 0 Å². The van der Waals surface area contributed by atoms with E-state index in [-0.39, 0.29) is 19.2 Å². The molecule has 5 heteroatoms. The van der Waals surface area contributed by atoms with Gasteiger partial charge < -0.3 is 20.5 Å². The molecule has 0 heterocycles. The van der Waals surface area contributed by atoms with Crippen molar-refractivity contribution in [3.8, 4) is 0 Å². The highest BCUT2D eigenvalue weighted by Crippen LogP contribution is 2.05. The van der Waals surface area contributed by atoms with Crippen LogP contribution < -0.4 is 10.6 Å². The van der Waals surface area contributed by atoms with Crippen LogP contribution in [0.5, 0.6) is 0 Å². The molecule has 1 aromatic rings. The van der Waals surface area contributed by atoms with E-state index in [1.807, 2.05) is 24.3 Å². The van der Waals surface area contributed by atoms with Gasteiger partial charge in [-0.1, -0.05) is 24.3 Å². The molecule has 0 fully saturated rings. The minimum Gasteiger partial charge on any atom is -0.395 e. The van der Waals surface area contributed by atoms with Crippen molar-refractivity contribution in [3.63, 3.8) is 0 Å². The molecule has 0 radical (unpaired) electrons. The maximum absolute atomic E-state index is 11.2. The molecule has 0 bridgehead atoms. The summed E-state index contributed by atoms with van der Waals surface area (Å²) in [4.78, 5) is 11.2. The van der Waals surface area contributed by atoms with E-state index in [2.05, 4.69) is 10.6 Å². The van der Waals surface area contributed by atoms with E-state index in [4.69, 9.17) is 9.84 Å². The Balaban J connectivity index is 2.34. The number of hydrogen-bond acceptors (Lipinski definition) is 3. The van der Waals surface area contributed by atoms with Crippen molar-refractivity contribution < 1.29 is 14.6 Å². The number of rotatable bonds is 6. The van der Waals surface area contributed by atoms with Gasteiger partial charge in [0.1, 0.15) is 0 Å². The zero-order valence-electron chi connectivity index (χ0n) is 9.90. The van der Waals surface area contributed by atoms with E-state index in [0.29, 0.717) is 13.2 Å². The van der Waals surface area contributed by atoms with Crippen LogP contribution in [-0.2, 0) is 17.9 Å². The van der Waals surface area contributed by atoms with Crippen molar-refractivity contribution in [1.29, 1.82) is 0 Å². The van der Waals surface area contributed by atoms with E-state index >= 15 is 0 Å². The van der Waals surface area contributed by atoms with Gasteiger partial charge in [-0.3, -0.25) is 0 Å². The fourth-order valence-electron chi connectivity index (χ4n) is 1.33. The Morgan fingerprint density at radius 3 is 2.47 bits per heavy atom. The number of ether oxygens (including phenoxy) is 1. The molecule has 0 spiro atoms. The van der Waals surface area contributed by atoms with Gasteiger partial charge in [-0.05, 0) is 11.1 Å². The Morgan fingerprint density at radius 1 is 1.24 bits per heavy atom. The van der Waals surface area contributed by atoms with Gasteiger partial charge in [-0.25, -0.2) is 4.79 Å². The Morgan fingerprint density at radius 2 is 1.88 bits per heavy atom. The topological polar surface area (TPSA) is 70.6 Å². The second-order valence-corrected chi connectivity index (χ2v) is 3.58. The highest BCUT2D eigenvalue weighted by atomic mass is 16.5. The standard InChI is InChI=1S/C12H18N2O3/c1-17-9-11-4-2-10(3-5-11)8-14-12(16)13-6-7-15/h2-5,15H,6-9H2,1H3,(H2,13,14,16). The lowest BCUT2D eigenvalue weighted by Gasteiger charge is -2.07. The molecule has 2 amide bonds. The Labute approximate surface area is 101 Å². The molecule has 0 atom stereocenters. The molecule has 0 aliphatic carbocycles. The number of hydrogen-bond donors (Lipinski definition) is 3. The van der Waals surface area contributed by atoms with Gasteiger partial charge in [-0.15, -0.1) is 0 Å². The second-order valence-electron chi connectivity index (χ2n) is 3.58. The summed E-state index contributed by atoms with van der Waals surface area (Å²) < 4.78 is 5.01. The zero-order chi connectivity index (χ0) is 12.5. The number of carbonyl (C=O) groups excluding carboxylic acids is 1.